The number of para-hydroxylation sites is 2. The molecule has 0 unspecified atom stereocenters. The average Bonchev–Trinajstić information content (AvgIpc) is 3.47. The maximum Gasteiger partial charge on any atom is 0.331 e. The molecule has 4 aromatic rings. The molecule has 2 aromatic heterocycles. The van der Waals surface area contributed by atoms with Crippen molar-refractivity contribution >= 4 is 28.4 Å². The number of methoxy groups -OCH3 is 3. The summed E-state index contributed by atoms with van der Waals surface area (Å²) in [6.45, 7) is -0.462. The van der Waals surface area contributed by atoms with Crippen LogP contribution in [0.3, 0.4) is 0 Å². The van der Waals surface area contributed by atoms with Crippen LogP contribution in [-0.2, 0) is 29.2 Å². The van der Waals surface area contributed by atoms with Crippen molar-refractivity contribution in [2.24, 2.45) is 0 Å². The number of hydrogen-bond acceptors (Lipinski definition) is 8. The Bertz CT molecular complexity index is 1600. The molecule has 0 aliphatic carbocycles. The minimum atomic E-state index is -0.756. The van der Waals surface area contributed by atoms with E-state index in [0.717, 1.165) is 9.13 Å². The van der Waals surface area contributed by atoms with E-state index in [1.54, 1.807) is 36.4 Å². The number of aromatic nitrogens is 2. The van der Waals surface area contributed by atoms with Gasteiger partial charge in [-0.25, -0.2) is 4.79 Å². The number of carbonyl (C=O) groups is 2. The average molecular weight is 537 g/mol. The highest BCUT2D eigenvalue weighted by atomic mass is 16.5. The van der Waals surface area contributed by atoms with Gasteiger partial charge in [0.2, 0.25) is 11.8 Å². The SMILES string of the molecule is COc1ccccc1NC(=O)Cn1c(=O)n(CCC(=O)NCc2ccco2)c(=O)c2cc(OC)c(OC)cc21. The maximum absolute atomic E-state index is 13.5. The Morgan fingerprint density at radius 2 is 1.59 bits per heavy atom. The number of nitrogens with one attached hydrogen (secondary N) is 2. The summed E-state index contributed by atoms with van der Waals surface area (Å²) in [6.07, 6.45) is 1.34. The molecule has 2 amide bonds. The molecule has 0 atom stereocenters. The lowest BCUT2D eigenvalue weighted by Crippen LogP contribution is -2.42. The van der Waals surface area contributed by atoms with Gasteiger partial charge < -0.3 is 29.3 Å². The molecule has 0 aliphatic heterocycles. The Morgan fingerprint density at radius 1 is 0.872 bits per heavy atom. The zero-order valence-corrected chi connectivity index (χ0v) is 21.7. The fourth-order valence-electron chi connectivity index (χ4n) is 4.08. The van der Waals surface area contributed by atoms with Crippen LogP contribution < -0.4 is 36.1 Å². The highest BCUT2D eigenvalue weighted by molar-refractivity contribution is 5.93. The second-order valence-corrected chi connectivity index (χ2v) is 8.40. The number of ether oxygens (including phenoxy) is 3. The normalized spacial score (nSPS) is 10.7. The Hall–Kier alpha value is -5.00. The molecule has 0 saturated carbocycles. The number of amides is 2. The van der Waals surface area contributed by atoms with Gasteiger partial charge in [-0.3, -0.25) is 23.5 Å². The molecule has 0 spiro atoms. The lowest BCUT2D eigenvalue weighted by Gasteiger charge is -2.17. The second-order valence-electron chi connectivity index (χ2n) is 8.40. The van der Waals surface area contributed by atoms with Gasteiger partial charge in [0.05, 0.1) is 50.7 Å². The third kappa shape index (κ3) is 5.95. The minimum absolute atomic E-state index is 0.119. The first-order valence-electron chi connectivity index (χ1n) is 12.0. The third-order valence-electron chi connectivity index (χ3n) is 6.02. The number of benzene rings is 2. The maximum atomic E-state index is 13.5. The summed E-state index contributed by atoms with van der Waals surface area (Å²) in [4.78, 5) is 52.4. The van der Waals surface area contributed by atoms with E-state index in [9.17, 15) is 19.2 Å². The summed E-state index contributed by atoms with van der Waals surface area (Å²) in [5.41, 5.74) is -0.788. The van der Waals surface area contributed by atoms with E-state index >= 15 is 0 Å². The molecule has 12 nitrogen and oxygen atoms in total. The van der Waals surface area contributed by atoms with Gasteiger partial charge in [-0.15, -0.1) is 0 Å². The molecular weight excluding hydrogens is 508 g/mol. The van der Waals surface area contributed by atoms with Crippen LogP contribution in [0.5, 0.6) is 17.2 Å². The van der Waals surface area contributed by atoms with Crippen LogP contribution in [0.15, 0.2) is 68.8 Å². The van der Waals surface area contributed by atoms with Gasteiger partial charge in [-0.05, 0) is 30.3 Å². The van der Waals surface area contributed by atoms with Gasteiger partial charge in [0, 0.05) is 19.0 Å². The first-order chi connectivity index (χ1) is 18.9. The van der Waals surface area contributed by atoms with Crippen molar-refractivity contribution < 1.29 is 28.2 Å². The molecule has 0 aliphatic rings. The molecule has 0 radical (unpaired) electrons. The van der Waals surface area contributed by atoms with E-state index < -0.39 is 23.7 Å². The molecule has 0 bridgehead atoms. The van der Waals surface area contributed by atoms with Crippen molar-refractivity contribution in [3.05, 3.63) is 81.4 Å². The standard InChI is InChI=1S/C27H28N4O8/c1-36-21-9-5-4-8-19(21)29-25(33)16-31-20-14-23(38-3)22(37-2)13-18(20)26(34)30(27(31)35)11-10-24(32)28-15-17-7-6-12-39-17/h4-9,12-14H,10-11,15-16H2,1-3H3,(H,28,32)(H,29,33). The van der Waals surface area contributed by atoms with Gasteiger partial charge in [-0.2, -0.15) is 0 Å². The lowest BCUT2D eigenvalue weighted by atomic mass is 10.2. The highest BCUT2D eigenvalue weighted by Gasteiger charge is 2.20. The van der Waals surface area contributed by atoms with Crippen LogP contribution in [0.1, 0.15) is 12.2 Å². The van der Waals surface area contributed by atoms with Crippen molar-refractivity contribution in [2.45, 2.75) is 26.1 Å². The molecule has 0 fully saturated rings. The number of furan rings is 1. The molecule has 204 valence electrons. The van der Waals surface area contributed by atoms with Gasteiger partial charge in [-0.1, -0.05) is 12.1 Å². The third-order valence-corrected chi connectivity index (χ3v) is 6.02. The van der Waals surface area contributed by atoms with Gasteiger partial charge >= 0.3 is 5.69 Å². The lowest BCUT2D eigenvalue weighted by molar-refractivity contribution is -0.121. The second kappa shape index (κ2) is 12.0. The number of carbonyl (C=O) groups excluding carboxylic acids is 2. The summed E-state index contributed by atoms with van der Waals surface area (Å²) in [5, 5.41) is 5.53. The van der Waals surface area contributed by atoms with Crippen LogP contribution in [0.4, 0.5) is 5.69 Å². The molecule has 39 heavy (non-hydrogen) atoms. The van der Waals surface area contributed by atoms with E-state index in [2.05, 4.69) is 10.6 Å². The Kier molecular flexibility index (Phi) is 8.34. The summed E-state index contributed by atoms with van der Waals surface area (Å²) in [5.74, 6) is 0.645. The minimum Gasteiger partial charge on any atom is -0.495 e. The summed E-state index contributed by atoms with van der Waals surface area (Å²) in [7, 11) is 4.31. The first kappa shape index (κ1) is 27.0. The van der Waals surface area contributed by atoms with Crippen LogP contribution in [-0.4, -0.2) is 42.3 Å². The molecule has 0 saturated heterocycles. The molecular formula is C27H28N4O8. The summed E-state index contributed by atoms with van der Waals surface area (Å²) < 4.78 is 23.2. The van der Waals surface area contributed by atoms with E-state index in [0.29, 0.717) is 17.2 Å². The largest absolute Gasteiger partial charge is 0.495 e. The number of nitrogens with zero attached hydrogens (tertiary/aromatic N) is 2. The number of hydrogen-bond donors (Lipinski definition) is 2. The van der Waals surface area contributed by atoms with Crippen molar-refractivity contribution in [1.82, 2.24) is 14.5 Å². The van der Waals surface area contributed by atoms with E-state index in [4.69, 9.17) is 18.6 Å². The number of anilines is 1. The monoisotopic (exact) mass is 536 g/mol. The Morgan fingerprint density at radius 3 is 2.28 bits per heavy atom. The fourth-order valence-corrected chi connectivity index (χ4v) is 4.08. The zero-order chi connectivity index (χ0) is 27.9. The quantitative estimate of drug-likeness (QED) is 0.297. The predicted molar refractivity (Wildman–Crippen MR) is 142 cm³/mol. The first-order valence-corrected chi connectivity index (χ1v) is 12.0. The van der Waals surface area contributed by atoms with Crippen LogP contribution >= 0.6 is 0 Å². The zero-order valence-electron chi connectivity index (χ0n) is 21.7. The van der Waals surface area contributed by atoms with Gasteiger partial charge in [0.1, 0.15) is 18.1 Å². The van der Waals surface area contributed by atoms with Crippen LogP contribution in [0.2, 0.25) is 0 Å². The van der Waals surface area contributed by atoms with Crippen molar-refractivity contribution in [3.8, 4) is 17.2 Å². The molecule has 4 rings (SSSR count). The van der Waals surface area contributed by atoms with E-state index in [1.165, 1.54) is 39.7 Å². The fraction of sp³-hybridized carbons (Fsp3) is 0.259. The van der Waals surface area contributed by atoms with Gasteiger partial charge in [0.25, 0.3) is 5.56 Å². The van der Waals surface area contributed by atoms with E-state index in [-0.39, 0.29) is 47.8 Å². The predicted octanol–water partition coefficient (Wildman–Crippen LogP) is 2.13. The Labute approximate surface area is 222 Å². The van der Waals surface area contributed by atoms with Crippen molar-refractivity contribution in [3.63, 3.8) is 0 Å². The van der Waals surface area contributed by atoms with Crippen LogP contribution in [0.25, 0.3) is 10.9 Å². The number of rotatable bonds is 11. The smallest absolute Gasteiger partial charge is 0.331 e. The molecule has 2 heterocycles. The molecule has 2 aromatic carbocycles. The molecule has 12 heteroatoms. The Balaban J connectivity index is 1.69. The summed E-state index contributed by atoms with van der Waals surface area (Å²) in [6, 6.07) is 13.2. The number of fused-ring (bicyclic) bond motifs is 1. The molecule has 2 N–H and O–H groups in total. The topological polar surface area (TPSA) is 143 Å². The van der Waals surface area contributed by atoms with Crippen molar-refractivity contribution in [2.75, 3.05) is 26.6 Å². The van der Waals surface area contributed by atoms with Crippen LogP contribution in [0, 0.1) is 0 Å². The van der Waals surface area contributed by atoms with Crippen molar-refractivity contribution in [1.29, 1.82) is 0 Å². The summed E-state index contributed by atoms with van der Waals surface area (Å²) >= 11 is 0. The van der Waals surface area contributed by atoms with E-state index in [1.807, 2.05) is 0 Å². The van der Waals surface area contributed by atoms with Gasteiger partial charge in [0.15, 0.2) is 11.5 Å². The highest BCUT2D eigenvalue weighted by Crippen LogP contribution is 2.30.